The fourth-order valence-corrected chi connectivity index (χ4v) is 2.32. The molecule has 0 atom stereocenters. The average molecular weight is 238 g/mol. The van der Waals surface area contributed by atoms with Gasteiger partial charge < -0.3 is 5.32 Å². The summed E-state index contributed by atoms with van der Waals surface area (Å²) in [6.07, 6.45) is 2.52. The van der Waals surface area contributed by atoms with Gasteiger partial charge in [-0.25, -0.2) is 9.97 Å². The Morgan fingerprint density at radius 1 is 1.22 bits per heavy atom. The fraction of sp³-hybridized carbons (Fsp3) is 0.286. The third-order valence-electron chi connectivity index (χ3n) is 3.34. The lowest BCUT2D eigenvalue weighted by atomic mass is 10.3. The lowest BCUT2D eigenvalue weighted by Gasteiger charge is -2.09. The number of benzene rings is 1. The minimum atomic E-state index is 0.621. The lowest BCUT2D eigenvalue weighted by Crippen LogP contribution is -2.07. The zero-order chi connectivity index (χ0) is 12.1. The zero-order valence-corrected chi connectivity index (χ0v) is 10.2. The molecule has 3 aromatic rings. The second-order valence-corrected chi connectivity index (χ2v) is 4.94. The van der Waals surface area contributed by atoms with Crippen LogP contribution in [-0.2, 0) is 0 Å². The van der Waals surface area contributed by atoms with Crippen molar-refractivity contribution in [2.24, 2.45) is 0 Å². The second-order valence-electron chi connectivity index (χ2n) is 4.94. The molecular formula is C14H14N4. The van der Waals surface area contributed by atoms with Gasteiger partial charge in [-0.15, -0.1) is 0 Å². The molecule has 0 spiro atoms. The predicted octanol–water partition coefficient (Wildman–Crippen LogP) is 2.77. The summed E-state index contributed by atoms with van der Waals surface area (Å²) in [6.45, 7) is 2.01. The first kappa shape index (κ1) is 9.88. The van der Waals surface area contributed by atoms with E-state index < -0.39 is 0 Å². The molecule has 1 saturated carbocycles. The second kappa shape index (κ2) is 3.45. The van der Waals surface area contributed by atoms with Gasteiger partial charge in [0, 0.05) is 17.8 Å². The van der Waals surface area contributed by atoms with Crippen molar-refractivity contribution in [2.75, 3.05) is 5.32 Å². The zero-order valence-electron chi connectivity index (χ0n) is 10.2. The summed E-state index contributed by atoms with van der Waals surface area (Å²) in [5.41, 5.74) is 3.11. The van der Waals surface area contributed by atoms with Gasteiger partial charge in [0.1, 0.15) is 5.82 Å². The first-order chi connectivity index (χ1) is 8.81. The van der Waals surface area contributed by atoms with Crippen LogP contribution in [0.15, 0.2) is 30.3 Å². The van der Waals surface area contributed by atoms with E-state index in [1.807, 2.05) is 25.1 Å². The van der Waals surface area contributed by atoms with Gasteiger partial charge in [-0.1, -0.05) is 12.1 Å². The summed E-state index contributed by atoms with van der Waals surface area (Å²) >= 11 is 0. The van der Waals surface area contributed by atoms with Crippen LogP contribution < -0.4 is 5.32 Å². The van der Waals surface area contributed by atoms with E-state index >= 15 is 0 Å². The van der Waals surface area contributed by atoms with Crippen LogP contribution in [0.1, 0.15) is 18.5 Å². The Morgan fingerprint density at radius 3 is 2.89 bits per heavy atom. The average Bonchev–Trinajstić information content (AvgIpc) is 3.07. The number of nitrogens with zero attached hydrogens (tertiary/aromatic N) is 3. The molecule has 4 nitrogen and oxygen atoms in total. The minimum absolute atomic E-state index is 0.621. The highest BCUT2D eigenvalue weighted by Gasteiger charge is 2.22. The molecule has 90 valence electrons. The number of nitrogens with one attached hydrogen (secondary N) is 1. The number of imidazole rings is 1. The lowest BCUT2D eigenvalue weighted by molar-refractivity contribution is 1.04. The van der Waals surface area contributed by atoms with Crippen LogP contribution in [-0.4, -0.2) is 20.4 Å². The minimum Gasteiger partial charge on any atom is -0.368 e. The topological polar surface area (TPSA) is 42.2 Å². The van der Waals surface area contributed by atoms with E-state index in [0.29, 0.717) is 6.04 Å². The van der Waals surface area contributed by atoms with E-state index in [2.05, 4.69) is 31.8 Å². The van der Waals surface area contributed by atoms with Gasteiger partial charge in [-0.05, 0) is 31.9 Å². The first-order valence-electron chi connectivity index (χ1n) is 6.33. The summed E-state index contributed by atoms with van der Waals surface area (Å²) in [6, 6.07) is 10.9. The predicted molar refractivity (Wildman–Crippen MR) is 71.9 cm³/mol. The molecule has 0 radical (unpaired) electrons. The Hall–Kier alpha value is -2.10. The van der Waals surface area contributed by atoms with Crippen molar-refractivity contribution in [1.82, 2.24) is 14.4 Å². The van der Waals surface area contributed by atoms with E-state index in [4.69, 9.17) is 0 Å². The standard InChI is InChI=1S/C14H14N4/c1-9-8-13(16-10-6-7-10)18-12-5-3-2-4-11(12)17-14(18)15-9/h2-5,8,10,16H,6-7H2,1H3. The highest BCUT2D eigenvalue weighted by atomic mass is 15.2. The first-order valence-corrected chi connectivity index (χ1v) is 6.33. The number of rotatable bonds is 2. The molecule has 1 N–H and O–H groups in total. The molecular weight excluding hydrogens is 224 g/mol. The van der Waals surface area contributed by atoms with Gasteiger partial charge in [-0.2, -0.15) is 0 Å². The number of anilines is 1. The van der Waals surface area contributed by atoms with E-state index in [-0.39, 0.29) is 0 Å². The summed E-state index contributed by atoms with van der Waals surface area (Å²) < 4.78 is 2.11. The molecule has 0 unspecified atom stereocenters. The number of aromatic nitrogens is 3. The fourth-order valence-electron chi connectivity index (χ4n) is 2.32. The van der Waals surface area contributed by atoms with E-state index in [1.165, 1.54) is 12.8 Å². The van der Waals surface area contributed by atoms with Crippen molar-refractivity contribution >= 4 is 22.6 Å². The Bertz CT molecular complexity index is 740. The molecule has 0 amide bonds. The molecule has 18 heavy (non-hydrogen) atoms. The Balaban J connectivity index is 2.06. The van der Waals surface area contributed by atoms with Gasteiger partial charge in [-0.3, -0.25) is 4.40 Å². The van der Waals surface area contributed by atoms with E-state index in [9.17, 15) is 0 Å². The van der Waals surface area contributed by atoms with Crippen molar-refractivity contribution in [1.29, 1.82) is 0 Å². The SMILES string of the molecule is Cc1cc(NC2CC2)n2c(n1)nc1ccccc12. The quantitative estimate of drug-likeness (QED) is 0.746. The highest BCUT2D eigenvalue weighted by Crippen LogP contribution is 2.27. The van der Waals surface area contributed by atoms with Gasteiger partial charge >= 0.3 is 0 Å². The van der Waals surface area contributed by atoms with Gasteiger partial charge in [0.25, 0.3) is 0 Å². The van der Waals surface area contributed by atoms with Crippen LogP contribution in [0.2, 0.25) is 0 Å². The van der Waals surface area contributed by atoms with Crippen molar-refractivity contribution in [3.8, 4) is 0 Å². The number of para-hydroxylation sites is 2. The normalized spacial score (nSPS) is 15.4. The molecule has 2 aromatic heterocycles. The Labute approximate surface area is 105 Å². The largest absolute Gasteiger partial charge is 0.368 e. The van der Waals surface area contributed by atoms with Crippen LogP contribution in [0, 0.1) is 6.92 Å². The third-order valence-corrected chi connectivity index (χ3v) is 3.34. The molecule has 0 saturated heterocycles. The maximum Gasteiger partial charge on any atom is 0.236 e. The van der Waals surface area contributed by atoms with Crippen LogP contribution >= 0.6 is 0 Å². The van der Waals surface area contributed by atoms with Crippen LogP contribution in [0.4, 0.5) is 5.82 Å². The van der Waals surface area contributed by atoms with Crippen molar-refractivity contribution < 1.29 is 0 Å². The van der Waals surface area contributed by atoms with Gasteiger partial charge in [0.2, 0.25) is 5.78 Å². The summed E-state index contributed by atoms with van der Waals surface area (Å²) in [7, 11) is 0. The molecule has 1 aromatic carbocycles. The van der Waals surface area contributed by atoms with Crippen molar-refractivity contribution in [3.63, 3.8) is 0 Å². The number of hydrogen-bond acceptors (Lipinski definition) is 3. The van der Waals surface area contributed by atoms with Gasteiger partial charge in [0.15, 0.2) is 0 Å². The molecule has 2 heterocycles. The summed E-state index contributed by atoms with van der Waals surface area (Å²) in [5.74, 6) is 1.88. The van der Waals surface area contributed by atoms with Crippen molar-refractivity contribution in [3.05, 3.63) is 36.0 Å². The monoisotopic (exact) mass is 238 g/mol. The van der Waals surface area contributed by atoms with Crippen LogP contribution in [0.3, 0.4) is 0 Å². The smallest absolute Gasteiger partial charge is 0.236 e. The number of aryl methyl sites for hydroxylation is 1. The Morgan fingerprint density at radius 2 is 2.06 bits per heavy atom. The third kappa shape index (κ3) is 1.45. The molecule has 1 fully saturated rings. The van der Waals surface area contributed by atoms with Crippen LogP contribution in [0.5, 0.6) is 0 Å². The van der Waals surface area contributed by atoms with Crippen molar-refractivity contribution in [2.45, 2.75) is 25.8 Å². The molecule has 1 aliphatic carbocycles. The molecule has 4 rings (SSSR count). The highest BCUT2D eigenvalue weighted by molar-refractivity contribution is 5.81. The number of fused-ring (bicyclic) bond motifs is 3. The summed E-state index contributed by atoms with van der Waals surface area (Å²) in [4.78, 5) is 9.09. The molecule has 0 bridgehead atoms. The maximum absolute atomic E-state index is 4.58. The van der Waals surface area contributed by atoms with E-state index in [1.54, 1.807) is 0 Å². The Kier molecular flexibility index (Phi) is 1.89. The summed E-state index contributed by atoms with van der Waals surface area (Å²) in [5, 5.41) is 3.56. The maximum atomic E-state index is 4.58. The van der Waals surface area contributed by atoms with Gasteiger partial charge in [0.05, 0.1) is 11.0 Å². The molecule has 0 aliphatic heterocycles. The number of hydrogen-bond donors (Lipinski definition) is 1. The van der Waals surface area contributed by atoms with E-state index in [0.717, 1.165) is 28.3 Å². The van der Waals surface area contributed by atoms with Crippen LogP contribution in [0.25, 0.3) is 16.8 Å². The molecule has 1 aliphatic rings. The molecule has 4 heteroatoms.